The maximum absolute atomic E-state index is 3.16. The second kappa shape index (κ2) is 6.88. The first kappa shape index (κ1) is 14.9. The summed E-state index contributed by atoms with van der Waals surface area (Å²) in [4.78, 5) is 0. The third-order valence-corrected chi connectivity index (χ3v) is 1.61. The fraction of sp³-hybridized carbons (Fsp3) is 0.111. The van der Waals surface area contributed by atoms with Crippen molar-refractivity contribution in [3.05, 3.63) is 41.5 Å². The molecular weight excluding hydrogens is 357 g/mol. The summed E-state index contributed by atoms with van der Waals surface area (Å²) in [6.07, 6.45) is 6.21. The molecule has 0 bridgehead atoms. The summed E-state index contributed by atoms with van der Waals surface area (Å²) in [5.41, 5.74) is 2.73. The van der Waals surface area contributed by atoms with Gasteiger partial charge in [0, 0.05) is 25.8 Å². The average molecular weight is 365 g/mol. The molecule has 12 heavy (non-hydrogen) atoms. The van der Waals surface area contributed by atoms with E-state index >= 15 is 0 Å². The Kier molecular flexibility index (Phi) is 8.54. The Balaban J connectivity index is 0. The van der Waals surface area contributed by atoms with E-state index in [1.807, 2.05) is 0 Å². The van der Waals surface area contributed by atoms with Crippen LogP contribution in [0.1, 0.15) is 11.1 Å². The van der Waals surface area contributed by atoms with Crippen LogP contribution in [-0.4, -0.2) is 0 Å². The van der Waals surface area contributed by atoms with Gasteiger partial charge in [0.05, 0.1) is 0 Å². The molecule has 1 aromatic rings. The Morgan fingerprint density at radius 2 is 1.75 bits per heavy atom. The second-order valence-electron chi connectivity index (χ2n) is 2.22. The van der Waals surface area contributed by atoms with Crippen molar-refractivity contribution in [3.63, 3.8) is 0 Å². The van der Waals surface area contributed by atoms with E-state index in [4.69, 9.17) is 0 Å². The first-order valence-electron chi connectivity index (χ1n) is 3.11. The molecule has 0 nitrogen and oxygen atoms in total. The minimum absolute atomic E-state index is 0. The maximum Gasteiger partial charge on any atom is 0 e. The van der Waals surface area contributed by atoms with E-state index in [9.17, 15) is 0 Å². The molecule has 2 rings (SSSR count). The van der Waals surface area contributed by atoms with Gasteiger partial charge in [-0.25, -0.2) is 6.08 Å². The van der Waals surface area contributed by atoms with Crippen LogP contribution in [0.2, 0.25) is 0 Å². The average Bonchev–Trinajstić information content (AvgIpc) is 2.33. The molecule has 0 unspecified atom stereocenters. The largest absolute Gasteiger partial charge is 1.00 e. The number of hydrogen-bond donors (Lipinski definition) is 0. The number of fused-ring (bicyclic) bond motifs is 1. The first-order valence-corrected chi connectivity index (χ1v) is 3.11. The molecule has 1 aliphatic rings. The molecule has 0 atom stereocenters. The van der Waals surface area contributed by atoms with E-state index < -0.39 is 0 Å². The van der Waals surface area contributed by atoms with Gasteiger partial charge >= 0.3 is 0 Å². The van der Waals surface area contributed by atoms with Crippen molar-refractivity contribution in [1.29, 1.82) is 0 Å². The van der Waals surface area contributed by atoms with Crippen molar-refractivity contribution in [2.75, 3.05) is 0 Å². The van der Waals surface area contributed by atoms with Crippen LogP contribution in [0.15, 0.2) is 24.3 Å². The molecule has 64 valence electrons. The summed E-state index contributed by atoms with van der Waals surface area (Å²) in [7, 11) is 0. The van der Waals surface area contributed by atoms with Gasteiger partial charge in [-0.1, -0.05) is 18.2 Å². The number of hydrogen-bond acceptors (Lipinski definition) is 0. The Morgan fingerprint density at radius 3 is 2.42 bits per heavy atom. The normalized spacial score (nSPS) is 10.3. The van der Waals surface area contributed by atoms with E-state index in [2.05, 4.69) is 36.4 Å². The summed E-state index contributed by atoms with van der Waals surface area (Å²) in [5, 5.41) is 0. The summed E-state index contributed by atoms with van der Waals surface area (Å²) >= 11 is 0. The predicted molar refractivity (Wildman–Crippen MR) is 37.9 cm³/mol. The van der Waals surface area contributed by atoms with Crippen molar-refractivity contribution >= 4 is 6.08 Å². The van der Waals surface area contributed by atoms with Gasteiger partial charge in [-0.05, 0) is 0 Å². The molecular formula is C9H7Cl2Hf-3. The van der Waals surface area contributed by atoms with Crippen LogP contribution < -0.4 is 24.8 Å². The van der Waals surface area contributed by atoms with Crippen molar-refractivity contribution in [1.82, 2.24) is 0 Å². The molecule has 0 heterocycles. The third kappa shape index (κ3) is 3.04. The summed E-state index contributed by atoms with van der Waals surface area (Å²) in [5.74, 6) is 0. The van der Waals surface area contributed by atoms with Crippen LogP contribution in [0.25, 0.3) is 6.08 Å². The molecule has 0 fully saturated rings. The summed E-state index contributed by atoms with van der Waals surface area (Å²) in [6, 6.07) is 8.39. The minimum atomic E-state index is 0. The third-order valence-electron chi connectivity index (χ3n) is 1.61. The smallest absolute Gasteiger partial charge is 0 e. The van der Waals surface area contributed by atoms with E-state index in [1.165, 1.54) is 11.1 Å². The quantitative estimate of drug-likeness (QED) is 0.326. The fourth-order valence-corrected chi connectivity index (χ4v) is 1.11. The Bertz CT molecular complexity index is 258. The van der Waals surface area contributed by atoms with Crippen molar-refractivity contribution in [3.8, 4) is 0 Å². The van der Waals surface area contributed by atoms with Gasteiger partial charge in [-0.15, -0.1) is 18.1 Å². The molecule has 0 aliphatic heterocycles. The fourth-order valence-electron chi connectivity index (χ4n) is 1.11. The van der Waals surface area contributed by atoms with Gasteiger partial charge in [-0.2, -0.15) is 5.56 Å². The SMILES string of the molecule is [C-]1=Cc2ccccc2C1.[Cl-].[Cl-].[Hf]. The van der Waals surface area contributed by atoms with Crippen molar-refractivity contribution in [2.24, 2.45) is 0 Å². The number of allylic oxidation sites excluding steroid dienone is 1. The molecule has 0 radical (unpaired) electrons. The Labute approximate surface area is 104 Å². The molecule has 1 aromatic carbocycles. The van der Waals surface area contributed by atoms with Gasteiger partial charge in [-0.3, -0.25) is 6.08 Å². The minimum Gasteiger partial charge on any atom is -1.00 e. The zero-order valence-corrected chi connectivity index (χ0v) is 11.5. The Morgan fingerprint density at radius 1 is 1.08 bits per heavy atom. The van der Waals surface area contributed by atoms with Gasteiger partial charge < -0.3 is 24.8 Å². The van der Waals surface area contributed by atoms with Gasteiger partial charge in [0.25, 0.3) is 0 Å². The zero-order chi connectivity index (χ0) is 6.10. The molecule has 0 amide bonds. The molecule has 1 aliphatic carbocycles. The van der Waals surface area contributed by atoms with Gasteiger partial charge in [0.2, 0.25) is 0 Å². The van der Waals surface area contributed by atoms with Crippen LogP contribution in [0, 0.1) is 6.08 Å². The van der Waals surface area contributed by atoms with E-state index in [0.717, 1.165) is 6.42 Å². The van der Waals surface area contributed by atoms with E-state index in [0.29, 0.717) is 0 Å². The molecule has 3 heteroatoms. The maximum atomic E-state index is 3.16. The van der Waals surface area contributed by atoms with Crippen LogP contribution in [0.3, 0.4) is 0 Å². The summed E-state index contributed by atoms with van der Waals surface area (Å²) in [6.45, 7) is 0. The topological polar surface area (TPSA) is 0 Å². The number of benzene rings is 1. The van der Waals surface area contributed by atoms with E-state index in [-0.39, 0.29) is 50.7 Å². The summed E-state index contributed by atoms with van der Waals surface area (Å²) < 4.78 is 0. The molecule has 0 spiro atoms. The van der Waals surface area contributed by atoms with E-state index in [1.54, 1.807) is 0 Å². The van der Waals surface area contributed by atoms with Crippen LogP contribution in [0.5, 0.6) is 0 Å². The standard InChI is InChI=1S/C9H7.2ClH.Hf/c1-2-5-9-7-3-6-8(9)4-1;;;/h1-2,4-6H,7H2;2*1H;/q-1;;;/p-2. The molecule has 0 saturated heterocycles. The van der Waals surface area contributed by atoms with Crippen molar-refractivity contribution in [2.45, 2.75) is 6.42 Å². The van der Waals surface area contributed by atoms with Gasteiger partial charge in [0.15, 0.2) is 0 Å². The first-order chi connectivity index (χ1) is 4.47. The van der Waals surface area contributed by atoms with Crippen molar-refractivity contribution < 1.29 is 50.7 Å². The molecule has 0 N–H and O–H groups in total. The molecule has 0 saturated carbocycles. The molecule has 0 aromatic heterocycles. The monoisotopic (exact) mass is 365 g/mol. The van der Waals surface area contributed by atoms with Crippen LogP contribution in [-0.2, 0) is 32.3 Å². The number of rotatable bonds is 0. The van der Waals surface area contributed by atoms with Crippen LogP contribution in [0.4, 0.5) is 0 Å². The number of halogens is 2. The second-order valence-corrected chi connectivity index (χ2v) is 2.22. The Hall–Kier alpha value is 0.410. The predicted octanol–water partition coefficient (Wildman–Crippen LogP) is -3.94. The van der Waals surface area contributed by atoms with Crippen LogP contribution >= 0.6 is 0 Å². The zero-order valence-electron chi connectivity index (χ0n) is 6.35. The van der Waals surface area contributed by atoms with Gasteiger partial charge in [0.1, 0.15) is 0 Å².